The minimum Gasteiger partial charge on any atom is -0.457 e. The quantitative estimate of drug-likeness (QED) is 0.0326. The molecule has 6 fully saturated rings. The molecule has 0 bridgehead atoms. The highest BCUT2D eigenvalue weighted by Gasteiger charge is 2.76. The van der Waals surface area contributed by atoms with Crippen molar-refractivity contribution in [3.05, 3.63) is 23.3 Å². The third-order valence-corrected chi connectivity index (χ3v) is 19.3. The Morgan fingerprint density at radius 3 is 2.13 bits per heavy atom. The van der Waals surface area contributed by atoms with Crippen LogP contribution in [-0.2, 0) is 52.3 Å². The monoisotopic (exact) mass is 995 g/mol. The number of aliphatic hydroxyl groups is 8. The lowest BCUT2D eigenvalue weighted by Gasteiger charge is -2.73. The Kier molecular flexibility index (Phi) is 15.5. The molecule has 0 aromatic rings. The van der Waals surface area contributed by atoms with Gasteiger partial charge >= 0.3 is 11.9 Å². The molecular weight excluding hydrogens is 917 g/mol. The normalized spacial score (nSPS) is 49.3. The van der Waals surface area contributed by atoms with E-state index in [9.17, 15) is 60.0 Å². The number of rotatable bonds is 13. The van der Waals surface area contributed by atoms with E-state index in [4.69, 9.17) is 33.2 Å². The molecule has 23 atom stereocenters. The van der Waals surface area contributed by atoms with E-state index in [1.807, 2.05) is 27.7 Å². The van der Waals surface area contributed by atoms with Crippen molar-refractivity contribution < 1.29 is 93.2 Å². The smallest absolute Gasteiger partial charge is 0.333 e. The van der Waals surface area contributed by atoms with Crippen LogP contribution in [0, 0.1) is 56.2 Å². The summed E-state index contributed by atoms with van der Waals surface area (Å²) < 4.78 is 41.0. The number of esters is 2. The molecule has 0 aromatic carbocycles. The Labute approximate surface area is 409 Å². The number of carbonyl (C=O) groups excluding carboxylic acids is 4. The van der Waals surface area contributed by atoms with Crippen LogP contribution in [0.2, 0.25) is 0 Å². The molecule has 0 aromatic heterocycles. The lowest BCUT2D eigenvalue weighted by atomic mass is 9.32. The van der Waals surface area contributed by atoms with E-state index in [-0.39, 0.29) is 24.7 Å². The van der Waals surface area contributed by atoms with Crippen LogP contribution in [0.15, 0.2) is 23.3 Å². The first-order valence-electron chi connectivity index (χ1n) is 25.0. The molecular formula is C51H78O19. The molecule has 2 heterocycles. The lowest BCUT2D eigenvalue weighted by Crippen LogP contribution is -2.76. The van der Waals surface area contributed by atoms with Crippen LogP contribution in [0.4, 0.5) is 0 Å². The second kappa shape index (κ2) is 19.7. The summed E-state index contributed by atoms with van der Waals surface area (Å²) in [5, 5.41) is 91.1. The Hall–Kier alpha value is -2.92. The van der Waals surface area contributed by atoms with Gasteiger partial charge in [-0.2, -0.15) is 0 Å². The van der Waals surface area contributed by atoms with Crippen LogP contribution < -0.4 is 0 Å². The van der Waals surface area contributed by atoms with Gasteiger partial charge in [-0.3, -0.25) is 9.59 Å². The molecule has 13 unspecified atom stereocenters. The second-order valence-electron chi connectivity index (χ2n) is 23.1. The van der Waals surface area contributed by atoms with Crippen LogP contribution in [-0.4, -0.2) is 165 Å². The summed E-state index contributed by atoms with van der Waals surface area (Å²) in [7, 11) is 0. The summed E-state index contributed by atoms with van der Waals surface area (Å²) in [4.78, 5) is 52.6. The molecule has 2 saturated heterocycles. The zero-order chi connectivity index (χ0) is 51.8. The van der Waals surface area contributed by atoms with E-state index in [2.05, 4.69) is 19.9 Å². The van der Waals surface area contributed by atoms with E-state index in [0.717, 1.165) is 11.9 Å². The zero-order valence-corrected chi connectivity index (χ0v) is 42.1. The molecule has 7 rings (SSSR count). The number of hydrogen-bond donors (Lipinski definition) is 8. The Morgan fingerprint density at radius 2 is 1.51 bits per heavy atom. The third-order valence-electron chi connectivity index (χ3n) is 19.3. The maximum atomic E-state index is 13.8. The van der Waals surface area contributed by atoms with E-state index >= 15 is 0 Å². The maximum Gasteiger partial charge on any atom is 0.333 e. The van der Waals surface area contributed by atoms with Crippen LogP contribution in [0.1, 0.15) is 114 Å². The van der Waals surface area contributed by atoms with Gasteiger partial charge in [-0.05, 0) is 87.4 Å². The van der Waals surface area contributed by atoms with Gasteiger partial charge in [-0.25, -0.2) is 4.79 Å². The number of fused-ring (bicyclic) bond motifs is 7. The van der Waals surface area contributed by atoms with Gasteiger partial charge in [-0.1, -0.05) is 73.1 Å². The lowest BCUT2D eigenvalue weighted by molar-refractivity contribution is -0.382. The van der Waals surface area contributed by atoms with Gasteiger partial charge in [0.1, 0.15) is 49.0 Å². The first kappa shape index (κ1) is 54.8. The van der Waals surface area contributed by atoms with Gasteiger partial charge < -0.3 is 78.8 Å². The van der Waals surface area contributed by atoms with Crippen LogP contribution in [0.5, 0.6) is 0 Å². The summed E-state index contributed by atoms with van der Waals surface area (Å²) in [6, 6.07) is 0. The highest BCUT2D eigenvalue weighted by Crippen LogP contribution is 2.76. The molecule has 5 aliphatic carbocycles. The van der Waals surface area contributed by atoms with Crippen molar-refractivity contribution in [1.29, 1.82) is 0 Å². The summed E-state index contributed by atoms with van der Waals surface area (Å²) in [5.74, 6) is -2.93. The van der Waals surface area contributed by atoms with Crippen molar-refractivity contribution in [3.63, 3.8) is 0 Å². The Morgan fingerprint density at radius 1 is 0.843 bits per heavy atom. The van der Waals surface area contributed by atoms with Gasteiger partial charge in [0.15, 0.2) is 18.7 Å². The van der Waals surface area contributed by atoms with E-state index in [1.165, 1.54) is 0 Å². The SMILES string of the molecule is C/C=C(/C)C(=O)O[C@H]1[C@H](OC(=O)C(C)CC)[C@]2(CO)[C@H](O)[C@H](O)[C@]3(C)C(=CCC4[C@@]5(C)CCC(OC6OC(OC=O)C(O)C(OC7OCC(O)C(O)C7O)C6O)[C@@](C)(C=O)C5CC[C@]43C)[C@@H]2CC1(C)C. The molecule has 4 saturated carbocycles. The Bertz CT molecular complexity index is 2030. The molecule has 7 aliphatic rings. The summed E-state index contributed by atoms with van der Waals surface area (Å²) in [5.41, 5.74) is -5.04. The molecule has 19 heteroatoms. The average molecular weight is 995 g/mol. The minimum absolute atomic E-state index is 0.0274. The molecule has 19 nitrogen and oxygen atoms in total. The van der Waals surface area contributed by atoms with Gasteiger partial charge in [0, 0.05) is 16.4 Å². The first-order valence-corrected chi connectivity index (χ1v) is 25.0. The maximum absolute atomic E-state index is 13.8. The van der Waals surface area contributed by atoms with Crippen molar-refractivity contribution in [1.82, 2.24) is 0 Å². The van der Waals surface area contributed by atoms with Crippen molar-refractivity contribution in [2.24, 2.45) is 56.2 Å². The van der Waals surface area contributed by atoms with Crippen LogP contribution in [0.3, 0.4) is 0 Å². The molecule has 8 N–H and O–H groups in total. The molecule has 396 valence electrons. The average Bonchev–Trinajstić information content (AvgIpc) is 3.32. The highest BCUT2D eigenvalue weighted by atomic mass is 16.8. The van der Waals surface area contributed by atoms with E-state index in [0.29, 0.717) is 44.1 Å². The number of aliphatic hydroxyl groups excluding tert-OH is 8. The largest absolute Gasteiger partial charge is 0.457 e. The number of ether oxygens (including phenoxy) is 7. The predicted molar refractivity (Wildman–Crippen MR) is 244 cm³/mol. The zero-order valence-electron chi connectivity index (χ0n) is 42.1. The summed E-state index contributed by atoms with van der Waals surface area (Å²) >= 11 is 0. The van der Waals surface area contributed by atoms with Gasteiger partial charge in [0.25, 0.3) is 6.47 Å². The fraction of sp³-hybridized carbons (Fsp3) is 0.843. The number of carbonyl (C=O) groups is 4. The minimum atomic E-state index is -1.83. The van der Waals surface area contributed by atoms with Crippen molar-refractivity contribution in [2.75, 3.05) is 13.2 Å². The molecule has 0 spiro atoms. The second-order valence-corrected chi connectivity index (χ2v) is 23.1. The van der Waals surface area contributed by atoms with E-state index in [1.54, 1.807) is 33.8 Å². The Balaban J connectivity index is 1.22. The fourth-order valence-electron chi connectivity index (χ4n) is 14.6. The molecule has 70 heavy (non-hydrogen) atoms. The number of hydrogen-bond acceptors (Lipinski definition) is 19. The number of allylic oxidation sites excluding steroid dienone is 2. The van der Waals surface area contributed by atoms with Gasteiger partial charge in [0.2, 0.25) is 6.29 Å². The number of aldehydes is 1. The van der Waals surface area contributed by atoms with Crippen LogP contribution in [0.25, 0.3) is 0 Å². The molecule has 2 aliphatic heterocycles. The molecule has 0 amide bonds. The first-order chi connectivity index (χ1) is 32.7. The van der Waals surface area contributed by atoms with Gasteiger partial charge in [0.05, 0.1) is 48.3 Å². The van der Waals surface area contributed by atoms with Crippen molar-refractivity contribution in [3.8, 4) is 0 Å². The summed E-state index contributed by atoms with van der Waals surface area (Å²) in [6.07, 6.45) is -14.2. The predicted octanol–water partition coefficient (Wildman–Crippen LogP) is 1.74. The highest BCUT2D eigenvalue weighted by molar-refractivity contribution is 5.87. The molecule has 0 radical (unpaired) electrons. The third kappa shape index (κ3) is 8.24. The van der Waals surface area contributed by atoms with Crippen molar-refractivity contribution >= 4 is 24.7 Å². The van der Waals surface area contributed by atoms with Crippen molar-refractivity contribution in [2.45, 2.75) is 200 Å². The van der Waals surface area contributed by atoms with Gasteiger partial charge in [-0.15, -0.1) is 0 Å². The van der Waals surface area contributed by atoms with Crippen LogP contribution >= 0.6 is 0 Å². The standard InChI is InChI=1S/C51H78O19/c1-11-24(3)41(62)68-39-40(69-42(63)25(4)12-2)51(22-53)27(19-46(39,5)6)26-13-14-30-47(7)17-16-31(48(8,21-52)29(47)15-18-49(30,9)50(26,10)37(60)38(51)61)66-45-35(59)36(34(58)44(70-45)65-23-54)67-43-33(57)32(56)28(55)20-64-43/h11,13,21,23,25,27-40,43-45,53,55-61H,12,14-20,22H2,1-10H3/b24-11-/t25?,27-,28?,29?,30?,31?,32?,33?,34?,35?,36?,37-,38+,39-,40-,43?,44?,45?,47-,48-,49+,50-,51-/m0/s1. The topological polar surface area (TPSA) is 295 Å². The summed E-state index contributed by atoms with van der Waals surface area (Å²) in [6.45, 7) is 17.7. The van der Waals surface area contributed by atoms with E-state index < -0.39 is 155 Å². The fourth-order valence-corrected chi connectivity index (χ4v) is 14.6.